The fourth-order valence-corrected chi connectivity index (χ4v) is 3.26. The van der Waals surface area contributed by atoms with Gasteiger partial charge in [-0.1, -0.05) is 24.3 Å². The summed E-state index contributed by atoms with van der Waals surface area (Å²) >= 11 is 1.36. The van der Waals surface area contributed by atoms with E-state index in [0.29, 0.717) is 16.7 Å². The average molecular weight is 352 g/mol. The fraction of sp³-hybridized carbons (Fsp3) is 0.200. The maximum absolute atomic E-state index is 12.2. The Labute approximate surface area is 152 Å². The van der Waals surface area contributed by atoms with Gasteiger partial charge in [0.1, 0.15) is 5.75 Å². The van der Waals surface area contributed by atoms with Gasteiger partial charge < -0.3 is 10.1 Å². The van der Waals surface area contributed by atoms with E-state index in [0.717, 1.165) is 22.6 Å². The zero-order valence-corrected chi connectivity index (χ0v) is 15.3. The lowest BCUT2D eigenvalue weighted by molar-refractivity contribution is -0.115. The molecule has 1 fully saturated rings. The number of amides is 1. The Morgan fingerprint density at radius 2 is 1.92 bits per heavy atom. The lowest BCUT2D eigenvalue weighted by atomic mass is 10.1. The van der Waals surface area contributed by atoms with E-state index in [1.165, 1.54) is 17.3 Å². The Bertz CT molecular complexity index is 854. The number of hydrogen-bond acceptors (Lipinski definition) is 4. The highest BCUT2D eigenvalue weighted by atomic mass is 32.2. The van der Waals surface area contributed by atoms with Gasteiger partial charge in [0.25, 0.3) is 5.91 Å². The zero-order chi connectivity index (χ0) is 17.8. The van der Waals surface area contributed by atoms with Crippen LogP contribution in [0.2, 0.25) is 0 Å². The highest BCUT2D eigenvalue weighted by molar-refractivity contribution is 8.18. The van der Waals surface area contributed by atoms with Crippen molar-refractivity contribution in [3.63, 3.8) is 0 Å². The van der Waals surface area contributed by atoms with Crippen molar-refractivity contribution in [2.24, 2.45) is 4.99 Å². The van der Waals surface area contributed by atoms with Crippen LogP contribution in [0.3, 0.4) is 0 Å². The van der Waals surface area contributed by atoms with E-state index < -0.39 is 0 Å². The minimum absolute atomic E-state index is 0.122. The van der Waals surface area contributed by atoms with Crippen molar-refractivity contribution >= 4 is 34.6 Å². The van der Waals surface area contributed by atoms with Crippen molar-refractivity contribution in [3.05, 3.63) is 64.1 Å². The molecule has 0 bridgehead atoms. The average Bonchev–Trinajstić information content (AvgIpc) is 2.93. The molecule has 0 atom stereocenters. The van der Waals surface area contributed by atoms with Crippen molar-refractivity contribution in [1.82, 2.24) is 5.32 Å². The molecule has 0 unspecified atom stereocenters. The van der Waals surface area contributed by atoms with Gasteiger partial charge in [0.05, 0.1) is 17.2 Å². The molecule has 5 heteroatoms. The number of ether oxygens (including phenoxy) is 1. The first-order valence-corrected chi connectivity index (χ1v) is 8.97. The third-order valence-corrected chi connectivity index (χ3v) is 4.85. The van der Waals surface area contributed by atoms with Crippen LogP contribution in [0.4, 0.5) is 5.69 Å². The molecule has 1 amide bonds. The number of aryl methyl sites for hydroxylation is 1. The molecule has 1 heterocycles. The topological polar surface area (TPSA) is 50.7 Å². The molecule has 25 heavy (non-hydrogen) atoms. The second kappa shape index (κ2) is 7.57. The largest absolute Gasteiger partial charge is 0.494 e. The quantitative estimate of drug-likeness (QED) is 0.819. The van der Waals surface area contributed by atoms with E-state index in [9.17, 15) is 4.79 Å². The van der Waals surface area contributed by atoms with Gasteiger partial charge in [0.2, 0.25) is 0 Å². The van der Waals surface area contributed by atoms with Crippen LogP contribution >= 0.6 is 11.8 Å². The molecule has 0 aliphatic carbocycles. The Kier molecular flexibility index (Phi) is 5.24. The summed E-state index contributed by atoms with van der Waals surface area (Å²) in [5.41, 5.74) is 4.13. The van der Waals surface area contributed by atoms with E-state index >= 15 is 0 Å². The summed E-state index contributed by atoms with van der Waals surface area (Å²) in [4.78, 5) is 17.4. The van der Waals surface area contributed by atoms with Crippen molar-refractivity contribution in [2.45, 2.75) is 20.8 Å². The molecule has 2 aromatic carbocycles. The monoisotopic (exact) mass is 352 g/mol. The molecule has 0 radical (unpaired) electrons. The number of nitrogens with one attached hydrogen (secondary N) is 1. The summed E-state index contributed by atoms with van der Waals surface area (Å²) in [5, 5.41) is 3.44. The molecule has 0 saturated carbocycles. The van der Waals surface area contributed by atoms with E-state index in [2.05, 4.69) is 23.3 Å². The van der Waals surface area contributed by atoms with E-state index in [4.69, 9.17) is 4.74 Å². The first-order chi connectivity index (χ1) is 12.1. The summed E-state index contributed by atoms with van der Waals surface area (Å²) in [7, 11) is 0. The molecule has 4 nitrogen and oxygen atoms in total. The number of rotatable bonds is 4. The maximum atomic E-state index is 12.2. The van der Waals surface area contributed by atoms with Gasteiger partial charge >= 0.3 is 0 Å². The van der Waals surface area contributed by atoms with Crippen molar-refractivity contribution < 1.29 is 9.53 Å². The van der Waals surface area contributed by atoms with Gasteiger partial charge in [0.15, 0.2) is 5.17 Å². The molecular formula is C20H20N2O2S. The number of hydrogen-bond donors (Lipinski definition) is 1. The van der Waals surface area contributed by atoms with Crippen molar-refractivity contribution in [2.75, 3.05) is 6.61 Å². The number of amidine groups is 1. The zero-order valence-electron chi connectivity index (χ0n) is 14.5. The second-order valence-corrected chi connectivity index (χ2v) is 6.73. The smallest absolute Gasteiger partial charge is 0.264 e. The highest BCUT2D eigenvalue weighted by Crippen LogP contribution is 2.30. The van der Waals surface area contributed by atoms with Gasteiger partial charge in [-0.15, -0.1) is 0 Å². The van der Waals surface area contributed by atoms with Crippen LogP contribution in [0.5, 0.6) is 5.75 Å². The third-order valence-electron chi connectivity index (χ3n) is 3.94. The first kappa shape index (κ1) is 17.3. The van der Waals surface area contributed by atoms with Crippen molar-refractivity contribution in [1.29, 1.82) is 0 Å². The normalized spacial score (nSPS) is 17.2. The summed E-state index contributed by atoms with van der Waals surface area (Å²) < 4.78 is 5.43. The standard InChI is InChI=1S/C20H20N2O2S/c1-4-24-16-10-8-15(9-11-16)12-18-19(23)22-20(25-18)21-17-7-5-6-13(2)14(17)3/h5-12H,4H2,1-3H3,(H,21,22,23)/b18-12-. The fourth-order valence-electron chi connectivity index (χ4n) is 2.42. The number of benzene rings is 2. The number of thioether (sulfide) groups is 1. The molecule has 1 saturated heterocycles. The summed E-state index contributed by atoms with van der Waals surface area (Å²) in [5.74, 6) is 0.702. The molecule has 1 aliphatic heterocycles. The highest BCUT2D eigenvalue weighted by Gasteiger charge is 2.24. The van der Waals surface area contributed by atoms with E-state index in [1.54, 1.807) is 0 Å². The van der Waals surface area contributed by atoms with Gasteiger partial charge in [0, 0.05) is 0 Å². The van der Waals surface area contributed by atoms with Crippen LogP contribution in [0.25, 0.3) is 6.08 Å². The van der Waals surface area contributed by atoms with Crippen LogP contribution in [-0.4, -0.2) is 17.7 Å². The van der Waals surface area contributed by atoms with Crippen LogP contribution in [0.1, 0.15) is 23.6 Å². The Morgan fingerprint density at radius 3 is 2.64 bits per heavy atom. The number of carbonyl (C=O) groups is 1. The second-order valence-electron chi connectivity index (χ2n) is 5.70. The molecule has 128 valence electrons. The van der Waals surface area contributed by atoms with Gasteiger partial charge in [-0.25, -0.2) is 4.99 Å². The molecule has 0 aromatic heterocycles. The number of carbonyl (C=O) groups excluding carboxylic acids is 1. The minimum Gasteiger partial charge on any atom is -0.494 e. The SMILES string of the molecule is CCOc1ccc(/C=C2\SC(=Nc3cccc(C)c3C)NC2=O)cc1. The first-order valence-electron chi connectivity index (χ1n) is 8.15. The van der Waals surface area contributed by atoms with Gasteiger partial charge in [-0.05, 0) is 73.5 Å². The molecule has 1 aliphatic rings. The van der Waals surface area contributed by atoms with Gasteiger partial charge in [-0.3, -0.25) is 4.79 Å². The van der Waals surface area contributed by atoms with Crippen LogP contribution in [0.15, 0.2) is 52.4 Å². The lowest BCUT2D eigenvalue weighted by Gasteiger charge is -2.04. The van der Waals surface area contributed by atoms with E-state index in [1.807, 2.05) is 56.3 Å². The van der Waals surface area contributed by atoms with Crippen LogP contribution < -0.4 is 10.1 Å². The predicted octanol–water partition coefficient (Wildman–Crippen LogP) is 4.59. The Hall–Kier alpha value is -2.53. The molecule has 0 spiro atoms. The third kappa shape index (κ3) is 4.12. The minimum atomic E-state index is -0.122. The van der Waals surface area contributed by atoms with Crippen molar-refractivity contribution in [3.8, 4) is 5.75 Å². The van der Waals surface area contributed by atoms with Gasteiger partial charge in [-0.2, -0.15) is 0 Å². The Morgan fingerprint density at radius 1 is 1.16 bits per heavy atom. The Balaban J connectivity index is 1.80. The molecule has 2 aromatic rings. The number of nitrogens with zero attached hydrogens (tertiary/aromatic N) is 1. The molecule has 3 rings (SSSR count). The number of aliphatic imine (C=N–C) groups is 1. The predicted molar refractivity (Wildman–Crippen MR) is 104 cm³/mol. The lowest BCUT2D eigenvalue weighted by Crippen LogP contribution is -2.19. The maximum Gasteiger partial charge on any atom is 0.264 e. The molecular weight excluding hydrogens is 332 g/mol. The summed E-state index contributed by atoms with van der Waals surface area (Å²) in [6, 6.07) is 13.7. The summed E-state index contributed by atoms with van der Waals surface area (Å²) in [6.45, 7) is 6.67. The van der Waals surface area contributed by atoms with Crippen LogP contribution in [-0.2, 0) is 4.79 Å². The summed E-state index contributed by atoms with van der Waals surface area (Å²) in [6.07, 6.45) is 1.86. The van der Waals surface area contributed by atoms with Crippen LogP contribution in [0, 0.1) is 13.8 Å². The van der Waals surface area contributed by atoms with E-state index in [-0.39, 0.29) is 5.91 Å². The molecule has 1 N–H and O–H groups in total.